The first-order chi connectivity index (χ1) is 11.6. The molecule has 8 nitrogen and oxygen atoms in total. The van der Waals surface area contributed by atoms with Crippen LogP contribution in [0.1, 0.15) is 16.3 Å². The lowest BCUT2D eigenvalue weighted by molar-refractivity contribution is 0.664. The number of aromatic nitrogens is 6. The number of thioether (sulfide) groups is 1. The van der Waals surface area contributed by atoms with Crippen LogP contribution in [-0.4, -0.2) is 49.0 Å². The minimum absolute atomic E-state index is 0. The van der Waals surface area contributed by atoms with Crippen molar-refractivity contribution in [3.8, 4) is 0 Å². The highest BCUT2D eigenvalue weighted by atomic mass is 35.5. The molecule has 0 aliphatic rings. The van der Waals surface area contributed by atoms with Crippen molar-refractivity contribution in [2.24, 2.45) is 12.8 Å². The molecule has 26 heavy (non-hydrogen) atoms. The lowest BCUT2D eigenvalue weighted by Gasteiger charge is -2.09. The van der Waals surface area contributed by atoms with Crippen molar-refractivity contribution in [3.05, 3.63) is 16.3 Å². The molecule has 0 aliphatic heterocycles. The Labute approximate surface area is 172 Å². The van der Waals surface area contributed by atoms with Crippen LogP contribution in [0.2, 0.25) is 0 Å². The summed E-state index contributed by atoms with van der Waals surface area (Å²) in [5, 5.41) is 16.8. The number of fused-ring (bicyclic) bond motifs is 1. The number of nitrogens with two attached hydrogens (primary N) is 1. The van der Waals surface area contributed by atoms with Gasteiger partial charge in [-0.25, -0.2) is 14.6 Å². The standard InChI is InChI=1S/C14H20N8S2.2ClH/c1-8-9(2)24-13-11(8)12(17-10(18-13)4-5-15)16-6-7-23-14-19-20-21-22(14)3;;/h4-7,15H2,1-3H3,(H,16,17,18);2*1H. The lowest BCUT2D eigenvalue weighted by atomic mass is 10.2. The van der Waals surface area contributed by atoms with Crippen molar-refractivity contribution in [1.29, 1.82) is 0 Å². The summed E-state index contributed by atoms with van der Waals surface area (Å²) in [6, 6.07) is 0. The minimum Gasteiger partial charge on any atom is -0.369 e. The molecular formula is C14H22Cl2N8S2. The Hall–Kier alpha value is -1.20. The average Bonchev–Trinajstić information content (AvgIpc) is 3.08. The molecule has 3 rings (SSSR count). The van der Waals surface area contributed by atoms with Gasteiger partial charge in [-0.3, -0.25) is 0 Å². The predicted molar refractivity (Wildman–Crippen MR) is 112 cm³/mol. The number of halogens is 2. The Kier molecular flexibility index (Phi) is 8.97. The highest BCUT2D eigenvalue weighted by molar-refractivity contribution is 7.99. The van der Waals surface area contributed by atoms with Crippen LogP contribution in [-0.2, 0) is 13.5 Å². The summed E-state index contributed by atoms with van der Waals surface area (Å²) in [6.45, 7) is 5.54. The van der Waals surface area contributed by atoms with E-state index in [-0.39, 0.29) is 24.8 Å². The highest BCUT2D eigenvalue weighted by Crippen LogP contribution is 2.33. The van der Waals surface area contributed by atoms with Gasteiger partial charge in [0, 0.05) is 30.6 Å². The van der Waals surface area contributed by atoms with Gasteiger partial charge >= 0.3 is 0 Å². The molecule has 3 aromatic rings. The van der Waals surface area contributed by atoms with Gasteiger partial charge in [-0.15, -0.1) is 41.2 Å². The number of anilines is 1. The molecule has 3 N–H and O–H groups in total. The maximum absolute atomic E-state index is 5.66. The third-order valence-electron chi connectivity index (χ3n) is 3.65. The zero-order valence-electron chi connectivity index (χ0n) is 14.7. The van der Waals surface area contributed by atoms with Crippen LogP contribution in [0, 0.1) is 13.8 Å². The number of hydrogen-bond acceptors (Lipinski definition) is 9. The summed E-state index contributed by atoms with van der Waals surface area (Å²) in [7, 11) is 1.83. The molecule has 0 bridgehead atoms. The number of nitrogens with one attached hydrogen (secondary N) is 1. The van der Waals surface area contributed by atoms with Crippen molar-refractivity contribution in [2.45, 2.75) is 25.4 Å². The molecule has 0 fully saturated rings. The van der Waals surface area contributed by atoms with Crippen molar-refractivity contribution in [2.75, 3.05) is 24.2 Å². The molecule has 144 valence electrons. The average molecular weight is 437 g/mol. The largest absolute Gasteiger partial charge is 0.369 e. The van der Waals surface area contributed by atoms with Gasteiger partial charge < -0.3 is 11.1 Å². The zero-order chi connectivity index (χ0) is 17.1. The SMILES string of the molecule is Cc1sc2nc(CCN)nc(NCCSc3nnnn3C)c2c1C.Cl.Cl. The zero-order valence-corrected chi connectivity index (χ0v) is 18.0. The lowest BCUT2D eigenvalue weighted by Crippen LogP contribution is -2.11. The van der Waals surface area contributed by atoms with E-state index in [1.165, 1.54) is 10.4 Å². The number of tetrazole rings is 1. The smallest absolute Gasteiger partial charge is 0.209 e. The predicted octanol–water partition coefficient (Wildman–Crippen LogP) is 2.38. The quantitative estimate of drug-likeness (QED) is 0.429. The van der Waals surface area contributed by atoms with Gasteiger partial charge in [0.2, 0.25) is 5.16 Å². The Morgan fingerprint density at radius 3 is 2.65 bits per heavy atom. The van der Waals surface area contributed by atoms with E-state index < -0.39 is 0 Å². The monoisotopic (exact) mass is 436 g/mol. The van der Waals surface area contributed by atoms with Crippen molar-refractivity contribution >= 4 is 63.9 Å². The fraction of sp³-hybridized carbons (Fsp3) is 0.500. The number of hydrogen-bond donors (Lipinski definition) is 2. The van der Waals surface area contributed by atoms with E-state index in [0.717, 1.165) is 39.3 Å². The first kappa shape index (κ1) is 22.8. The van der Waals surface area contributed by atoms with Gasteiger partial charge in [-0.2, -0.15) is 0 Å². The minimum atomic E-state index is 0. The fourth-order valence-corrected chi connectivity index (χ4v) is 4.07. The maximum Gasteiger partial charge on any atom is 0.209 e. The summed E-state index contributed by atoms with van der Waals surface area (Å²) in [6.07, 6.45) is 0.681. The van der Waals surface area contributed by atoms with E-state index in [1.807, 2.05) is 7.05 Å². The topological polar surface area (TPSA) is 107 Å². The van der Waals surface area contributed by atoms with Crippen molar-refractivity contribution in [3.63, 3.8) is 0 Å². The number of nitrogens with zero attached hydrogens (tertiary/aromatic N) is 6. The summed E-state index contributed by atoms with van der Waals surface area (Å²) in [5.74, 6) is 2.52. The number of aryl methyl sites for hydroxylation is 3. The van der Waals surface area contributed by atoms with Gasteiger partial charge in [0.05, 0.1) is 5.39 Å². The molecule has 0 saturated heterocycles. The second-order valence-electron chi connectivity index (χ2n) is 5.35. The molecule has 0 saturated carbocycles. The Bertz CT molecular complexity index is 851. The highest BCUT2D eigenvalue weighted by Gasteiger charge is 2.14. The second-order valence-corrected chi connectivity index (χ2v) is 7.62. The molecular weight excluding hydrogens is 415 g/mol. The van der Waals surface area contributed by atoms with Gasteiger partial charge in [-0.05, 0) is 36.4 Å². The van der Waals surface area contributed by atoms with E-state index in [2.05, 4.69) is 44.7 Å². The van der Waals surface area contributed by atoms with Crippen LogP contribution in [0.15, 0.2) is 5.16 Å². The normalized spacial score (nSPS) is 10.5. The van der Waals surface area contributed by atoms with Crippen LogP contribution in [0.4, 0.5) is 5.82 Å². The van der Waals surface area contributed by atoms with Crippen molar-refractivity contribution in [1.82, 2.24) is 30.2 Å². The third kappa shape index (κ3) is 4.95. The van der Waals surface area contributed by atoms with E-state index in [9.17, 15) is 0 Å². The summed E-state index contributed by atoms with van der Waals surface area (Å²) >= 11 is 3.31. The van der Waals surface area contributed by atoms with Crippen LogP contribution in [0.5, 0.6) is 0 Å². The van der Waals surface area contributed by atoms with Gasteiger partial charge in [0.1, 0.15) is 16.5 Å². The van der Waals surface area contributed by atoms with Crippen LogP contribution >= 0.6 is 47.9 Å². The van der Waals surface area contributed by atoms with E-state index >= 15 is 0 Å². The molecule has 0 aromatic carbocycles. The molecule has 3 aromatic heterocycles. The van der Waals surface area contributed by atoms with E-state index in [1.54, 1.807) is 27.8 Å². The molecule has 0 atom stereocenters. The van der Waals surface area contributed by atoms with Gasteiger partial charge in [-0.1, -0.05) is 11.8 Å². The molecule has 0 amide bonds. The van der Waals surface area contributed by atoms with Crippen LogP contribution < -0.4 is 11.1 Å². The Morgan fingerprint density at radius 1 is 1.23 bits per heavy atom. The molecule has 0 unspecified atom stereocenters. The van der Waals surface area contributed by atoms with Gasteiger partial charge in [0.25, 0.3) is 0 Å². The van der Waals surface area contributed by atoms with E-state index in [0.29, 0.717) is 13.0 Å². The summed E-state index contributed by atoms with van der Waals surface area (Å²) < 4.78 is 1.67. The second kappa shape index (κ2) is 10.2. The Morgan fingerprint density at radius 2 is 2.00 bits per heavy atom. The molecule has 0 aliphatic carbocycles. The first-order valence-electron chi connectivity index (χ1n) is 7.66. The maximum atomic E-state index is 5.66. The Balaban J connectivity index is 0.00000169. The van der Waals surface area contributed by atoms with Gasteiger partial charge in [0.15, 0.2) is 0 Å². The number of thiophene rings is 1. The van der Waals surface area contributed by atoms with Crippen LogP contribution in [0.25, 0.3) is 10.2 Å². The third-order valence-corrected chi connectivity index (χ3v) is 5.76. The molecule has 0 radical (unpaired) electrons. The molecule has 0 spiro atoms. The fourth-order valence-electron chi connectivity index (χ4n) is 2.32. The van der Waals surface area contributed by atoms with Crippen LogP contribution in [0.3, 0.4) is 0 Å². The summed E-state index contributed by atoms with van der Waals surface area (Å²) in [4.78, 5) is 11.6. The summed E-state index contributed by atoms with van der Waals surface area (Å²) in [5.41, 5.74) is 6.90. The first-order valence-corrected chi connectivity index (χ1v) is 9.46. The number of rotatable bonds is 7. The van der Waals surface area contributed by atoms with Crippen molar-refractivity contribution < 1.29 is 0 Å². The molecule has 3 heterocycles. The molecule has 12 heteroatoms. The van der Waals surface area contributed by atoms with E-state index in [4.69, 9.17) is 5.73 Å².